The van der Waals surface area contributed by atoms with Crippen LogP contribution in [0.3, 0.4) is 0 Å². The first kappa shape index (κ1) is 23.5. The van der Waals surface area contributed by atoms with Gasteiger partial charge in [0.1, 0.15) is 6.54 Å². The zero-order valence-electron chi connectivity index (χ0n) is 18.9. The van der Waals surface area contributed by atoms with Crippen LogP contribution in [0.5, 0.6) is 0 Å². The molecule has 0 spiro atoms. The normalized spacial score (nSPS) is 12.4. The molecule has 3 rings (SSSR count). The largest absolute Gasteiger partial charge is 0.344 e. The molecule has 0 heterocycles. The molecule has 0 radical (unpaired) electrons. The van der Waals surface area contributed by atoms with Gasteiger partial charge in [-0.15, -0.1) is 0 Å². The van der Waals surface area contributed by atoms with Gasteiger partial charge in [-0.2, -0.15) is 0 Å². The minimum Gasteiger partial charge on any atom is -0.344 e. The quantitative estimate of drug-likeness (QED) is 0.537. The highest BCUT2D eigenvalue weighted by atomic mass is 32.2. The first-order valence-electron chi connectivity index (χ1n) is 10.6. The standard InChI is InChI=1S/C26H30N2O3S/c1-19(2)23-15-8-9-16-24(23)28(32(4,30)31)18-25(29)27-26(21-12-6-5-7-13-21)22-14-10-11-20(3)17-22/h5-17,19,26H,18H2,1-4H3,(H,27,29). The number of nitrogens with zero attached hydrogens (tertiary/aromatic N) is 1. The van der Waals surface area contributed by atoms with Crippen molar-refractivity contribution >= 4 is 21.6 Å². The van der Waals surface area contributed by atoms with E-state index in [1.165, 1.54) is 4.31 Å². The Morgan fingerprint density at radius 1 is 0.906 bits per heavy atom. The van der Waals surface area contributed by atoms with Gasteiger partial charge in [0, 0.05) is 0 Å². The second-order valence-electron chi connectivity index (χ2n) is 8.31. The predicted molar refractivity (Wildman–Crippen MR) is 130 cm³/mol. The third-order valence-corrected chi connectivity index (χ3v) is 6.46. The average Bonchev–Trinajstić information content (AvgIpc) is 2.75. The predicted octanol–water partition coefficient (Wildman–Crippen LogP) is 4.79. The number of carbonyl (C=O) groups excluding carboxylic acids is 1. The zero-order chi connectivity index (χ0) is 23.3. The fourth-order valence-corrected chi connectivity index (χ4v) is 4.65. The van der Waals surface area contributed by atoms with Gasteiger partial charge in [0.05, 0.1) is 18.0 Å². The summed E-state index contributed by atoms with van der Waals surface area (Å²) in [5, 5.41) is 3.05. The summed E-state index contributed by atoms with van der Waals surface area (Å²) in [6.45, 7) is 5.71. The molecule has 0 aromatic heterocycles. The molecule has 168 valence electrons. The van der Waals surface area contributed by atoms with Crippen molar-refractivity contribution in [3.63, 3.8) is 0 Å². The van der Waals surface area contributed by atoms with Crippen LogP contribution in [-0.4, -0.2) is 27.1 Å². The lowest BCUT2D eigenvalue weighted by Crippen LogP contribution is -2.42. The minimum absolute atomic E-state index is 0.114. The number of nitrogens with one attached hydrogen (secondary N) is 1. The van der Waals surface area contributed by atoms with E-state index in [1.54, 1.807) is 12.1 Å². The second-order valence-corrected chi connectivity index (χ2v) is 10.2. The van der Waals surface area contributed by atoms with Crippen LogP contribution in [0.25, 0.3) is 0 Å². The maximum absolute atomic E-state index is 13.2. The number of benzene rings is 3. The van der Waals surface area contributed by atoms with Gasteiger partial charge in [-0.3, -0.25) is 9.10 Å². The highest BCUT2D eigenvalue weighted by Gasteiger charge is 2.26. The van der Waals surface area contributed by atoms with Crippen LogP contribution in [-0.2, 0) is 14.8 Å². The number of rotatable bonds is 8. The topological polar surface area (TPSA) is 66.5 Å². The van der Waals surface area contributed by atoms with Crippen molar-refractivity contribution in [3.8, 4) is 0 Å². The lowest BCUT2D eigenvalue weighted by atomic mass is 9.97. The van der Waals surface area contributed by atoms with E-state index < -0.39 is 10.0 Å². The van der Waals surface area contributed by atoms with E-state index in [4.69, 9.17) is 0 Å². The summed E-state index contributed by atoms with van der Waals surface area (Å²) in [6, 6.07) is 24.6. The second kappa shape index (κ2) is 10.0. The van der Waals surface area contributed by atoms with E-state index in [-0.39, 0.29) is 24.4 Å². The van der Waals surface area contributed by atoms with E-state index in [2.05, 4.69) is 5.32 Å². The lowest BCUT2D eigenvalue weighted by molar-refractivity contribution is -0.120. The van der Waals surface area contributed by atoms with Crippen LogP contribution in [0.2, 0.25) is 0 Å². The summed E-state index contributed by atoms with van der Waals surface area (Å²) < 4.78 is 26.5. The molecule has 5 nitrogen and oxygen atoms in total. The number of hydrogen-bond acceptors (Lipinski definition) is 3. The van der Waals surface area contributed by atoms with Crippen LogP contribution in [0.1, 0.15) is 48.1 Å². The maximum atomic E-state index is 13.2. The van der Waals surface area contributed by atoms with Gasteiger partial charge >= 0.3 is 0 Å². The number of anilines is 1. The Labute approximate surface area is 191 Å². The van der Waals surface area contributed by atoms with Gasteiger partial charge in [0.25, 0.3) is 0 Å². The third-order valence-electron chi connectivity index (χ3n) is 5.33. The number of aryl methyl sites for hydroxylation is 1. The first-order valence-corrected chi connectivity index (χ1v) is 12.5. The molecule has 1 N–H and O–H groups in total. The Hall–Kier alpha value is -3.12. The molecule has 0 aliphatic carbocycles. The molecule has 6 heteroatoms. The van der Waals surface area contributed by atoms with Gasteiger partial charge in [0.15, 0.2) is 0 Å². The van der Waals surface area contributed by atoms with Gasteiger partial charge in [-0.1, -0.05) is 92.2 Å². The zero-order valence-corrected chi connectivity index (χ0v) is 19.8. The molecule has 1 amide bonds. The molecular formula is C26H30N2O3S. The lowest BCUT2D eigenvalue weighted by Gasteiger charge is -2.27. The molecule has 1 atom stereocenters. The number of para-hydroxylation sites is 1. The highest BCUT2D eigenvalue weighted by Crippen LogP contribution is 2.29. The summed E-state index contributed by atoms with van der Waals surface area (Å²) in [6.07, 6.45) is 1.13. The van der Waals surface area contributed by atoms with E-state index in [1.807, 2.05) is 87.5 Å². The smallest absolute Gasteiger partial charge is 0.241 e. The first-order chi connectivity index (χ1) is 15.2. The van der Waals surface area contributed by atoms with E-state index in [0.717, 1.165) is 28.5 Å². The van der Waals surface area contributed by atoms with Gasteiger partial charge < -0.3 is 5.32 Å². The van der Waals surface area contributed by atoms with Gasteiger partial charge in [0.2, 0.25) is 15.9 Å². The minimum atomic E-state index is -3.67. The number of sulfonamides is 1. The molecule has 0 aliphatic rings. The molecule has 0 fully saturated rings. The van der Waals surface area contributed by atoms with Crippen molar-refractivity contribution in [2.45, 2.75) is 32.7 Å². The fraction of sp³-hybridized carbons (Fsp3) is 0.269. The van der Waals surface area contributed by atoms with Crippen LogP contribution in [0.15, 0.2) is 78.9 Å². The molecule has 32 heavy (non-hydrogen) atoms. The average molecular weight is 451 g/mol. The highest BCUT2D eigenvalue weighted by molar-refractivity contribution is 7.92. The summed E-state index contributed by atoms with van der Waals surface area (Å²) >= 11 is 0. The Balaban J connectivity index is 1.94. The molecule has 0 bridgehead atoms. The van der Waals surface area contributed by atoms with Crippen LogP contribution in [0, 0.1) is 6.92 Å². The van der Waals surface area contributed by atoms with E-state index >= 15 is 0 Å². The van der Waals surface area contributed by atoms with Crippen molar-refractivity contribution in [3.05, 3.63) is 101 Å². The summed E-state index contributed by atoms with van der Waals surface area (Å²) in [5.41, 5.74) is 4.37. The van der Waals surface area contributed by atoms with Crippen molar-refractivity contribution in [1.29, 1.82) is 0 Å². The van der Waals surface area contributed by atoms with E-state index in [9.17, 15) is 13.2 Å². The molecule has 0 saturated carbocycles. The number of hydrogen-bond donors (Lipinski definition) is 1. The number of amides is 1. The summed E-state index contributed by atoms with van der Waals surface area (Å²) in [7, 11) is -3.67. The monoisotopic (exact) mass is 450 g/mol. The van der Waals surface area contributed by atoms with Crippen LogP contribution in [0.4, 0.5) is 5.69 Å². The molecule has 3 aromatic carbocycles. The SMILES string of the molecule is Cc1cccc(C(NC(=O)CN(c2ccccc2C(C)C)S(C)(=O)=O)c2ccccc2)c1. The fourth-order valence-electron chi connectivity index (χ4n) is 3.78. The summed E-state index contributed by atoms with van der Waals surface area (Å²) in [4.78, 5) is 13.2. The number of carbonyl (C=O) groups is 1. The Morgan fingerprint density at radius 3 is 2.16 bits per heavy atom. The molecular weight excluding hydrogens is 420 g/mol. The van der Waals surface area contributed by atoms with Gasteiger partial charge in [-0.05, 0) is 35.6 Å². The van der Waals surface area contributed by atoms with Crippen molar-refractivity contribution < 1.29 is 13.2 Å². The summed E-state index contributed by atoms with van der Waals surface area (Å²) in [5.74, 6) is -0.257. The molecule has 0 aliphatic heterocycles. The van der Waals surface area contributed by atoms with Crippen molar-refractivity contribution in [2.24, 2.45) is 0 Å². The maximum Gasteiger partial charge on any atom is 0.241 e. The third kappa shape index (κ3) is 5.77. The molecule has 1 unspecified atom stereocenters. The van der Waals surface area contributed by atoms with Crippen molar-refractivity contribution in [2.75, 3.05) is 17.1 Å². The van der Waals surface area contributed by atoms with Crippen molar-refractivity contribution in [1.82, 2.24) is 5.32 Å². The van der Waals surface area contributed by atoms with Crippen LogP contribution < -0.4 is 9.62 Å². The van der Waals surface area contributed by atoms with Gasteiger partial charge in [-0.25, -0.2) is 8.42 Å². The Morgan fingerprint density at radius 2 is 1.53 bits per heavy atom. The molecule has 0 saturated heterocycles. The van der Waals surface area contributed by atoms with Crippen LogP contribution >= 0.6 is 0 Å². The molecule has 3 aromatic rings. The van der Waals surface area contributed by atoms with E-state index in [0.29, 0.717) is 5.69 Å². The Bertz CT molecular complexity index is 1170. The Kier molecular flexibility index (Phi) is 7.36.